The molecule has 0 atom stereocenters. The van der Waals surface area contributed by atoms with Crippen LogP contribution in [0.15, 0.2) is 18.5 Å². The molecule has 4 heteroatoms. The van der Waals surface area contributed by atoms with E-state index in [0.717, 1.165) is 24.3 Å². The van der Waals surface area contributed by atoms with Crippen molar-refractivity contribution in [2.45, 2.75) is 39.2 Å². The number of hydrogen-bond acceptors (Lipinski definition) is 4. The minimum atomic E-state index is -0.125. The fourth-order valence-electron chi connectivity index (χ4n) is 1.61. The Labute approximate surface area is 103 Å². The van der Waals surface area contributed by atoms with Crippen molar-refractivity contribution in [3.8, 4) is 0 Å². The zero-order valence-electron chi connectivity index (χ0n) is 11.0. The maximum Gasteiger partial charge on any atom is 0.0551 e. The van der Waals surface area contributed by atoms with Gasteiger partial charge in [0.05, 0.1) is 23.8 Å². The van der Waals surface area contributed by atoms with Crippen LogP contribution in [0.5, 0.6) is 0 Å². The molecule has 96 valence electrons. The maximum atomic E-state index is 8.98. The van der Waals surface area contributed by atoms with Crippen LogP contribution in [0.1, 0.15) is 33.6 Å². The number of aromatic nitrogens is 1. The van der Waals surface area contributed by atoms with Crippen LogP contribution in [0.4, 0.5) is 11.4 Å². The Morgan fingerprint density at radius 1 is 1.29 bits per heavy atom. The van der Waals surface area contributed by atoms with E-state index in [9.17, 15) is 0 Å². The SMILES string of the molecule is CCCNc1cncc(NC(C)(C)CCO)c1. The minimum absolute atomic E-state index is 0.125. The van der Waals surface area contributed by atoms with Gasteiger partial charge in [-0.05, 0) is 32.8 Å². The van der Waals surface area contributed by atoms with Crippen LogP contribution in [0, 0.1) is 0 Å². The first kappa shape index (κ1) is 13.8. The van der Waals surface area contributed by atoms with E-state index in [4.69, 9.17) is 5.11 Å². The van der Waals surface area contributed by atoms with Crippen LogP contribution in [-0.4, -0.2) is 28.8 Å². The normalized spacial score (nSPS) is 11.3. The van der Waals surface area contributed by atoms with Crippen LogP contribution in [-0.2, 0) is 0 Å². The number of anilines is 2. The molecule has 1 heterocycles. The van der Waals surface area contributed by atoms with Crippen molar-refractivity contribution >= 4 is 11.4 Å². The molecule has 0 bridgehead atoms. The maximum absolute atomic E-state index is 8.98. The van der Waals surface area contributed by atoms with Crippen molar-refractivity contribution in [3.05, 3.63) is 18.5 Å². The van der Waals surface area contributed by atoms with Crippen LogP contribution < -0.4 is 10.6 Å². The van der Waals surface area contributed by atoms with E-state index in [1.165, 1.54) is 0 Å². The summed E-state index contributed by atoms with van der Waals surface area (Å²) < 4.78 is 0. The van der Waals surface area contributed by atoms with Gasteiger partial charge in [-0.2, -0.15) is 0 Å². The zero-order valence-corrected chi connectivity index (χ0v) is 11.0. The summed E-state index contributed by atoms with van der Waals surface area (Å²) in [6.07, 6.45) is 5.42. The lowest BCUT2D eigenvalue weighted by molar-refractivity contribution is 0.261. The molecular weight excluding hydrogens is 214 g/mol. The number of nitrogens with one attached hydrogen (secondary N) is 2. The van der Waals surface area contributed by atoms with E-state index in [1.807, 2.05) is 12.3 Å². The highest BCUT2D eigenvalue weighted by Crippen LogP contribution is 2.19. The van der Waals surface area contributed by atoms with Gasteiger partial charge in [0.2, 0.25) is 0 Å². The van der Waals surface area contributed by atoms with Crippen molar-refractivity contribution in [2.75, 3.05) is 23.8 Å². The Bertz CT molecular complexity index is 339. The molecule has 0 aliphatic rings. The highest BCUT2D eigenvalue weighted by molar-refractivity contribution is 5.54. The molecule has 3 N–H and O–H groups in total. The smallest absolute Gasteiger partial charge is 0.0551 e. The van der Waals surface area contributed by atoms with Crippen molar-refractivity contribution in [3.63, 3.8) is 0 Å². The molecule has 0 radical (unpaired) electrons. The van der Waals surface area contributed by atoms with E-state index in [0.29, 0.717) is 6.42 Å². The molecule has 0 saturated carbocycles. The quantitative estimate of drug-likeness (QED) is 0.682. The van der Waals surface area contributed by atoms with Gasteiger partial charge in [0.25, 0.3) is 0 Å². The molecule has 4 nitrogen and oxygen atoms in total. The van der Waals surface area contributed by atoms with E-state index < -0.39 is 0 Å². The summed E-state index contributed by atoms with van der Waals surface area (Å²) in [6, 6.07) is 2.04. The molecule has 0 unspecified atom stereocenters. The average molecular weight is 237 g/mol. The first-order valence-electron chi connectivity index (χ1n) is 6.15. The van der Waals surface area contributed by atoms with Crippen molar-refractivity contribution in [2.24, 2.45) is 0 Å². The lowest BCUT2D eigenvalue weighted by atomic mass is 10.0. The molecule has 0 aromatic carbocycles. The second-order valence-corrected chi connectivity index (χ2v) is 4.87. The molecule has 1 aromatic heterocycles. The van der Waals surface area contributed by atoms with Gasteiger partial charge in [0, 0.05) is 18.7 Å². The molecule has 1 rings (SSSR count). The minimum Gasteiger partial charge on any atom is -0.396 e. The predicted octanol–water partition coefficient (Wildman–Crippen LogP) is 2.48. The first-order valence-corrected chi connectivity index (χ1v) is 6.15. The fourth-order valence-corrected chi connectivity index (χ4v) is 1.61. The number of pyridine rings is 1. The van der Waals surface area contributed by atoms with E-state index in [-0.39, 0.29) is 12.1 Å². The second-order valence-electron chi connectivity index (χ2n) is 4.87. The fraction of sp³-hybridized carbons (Fsp3) is 0.615. The summed E-state index contributed by atoms with van der Waals surface area (Å²) in [5, 5.41) is 15.7. The van der Waals surface area contributed by atoms with Gasteiger partial charge >= 0.3 is 0 Å². The molecular formula is C13H23N3O. The molecule has 0 saturated heterocycles. The van der Waals surface area contributed by atoms with Crippen LogP contribution in [0.25, 0.3) is 0 Å². The summed E-state index contributed by atoms with van der Waals surface area (Å²) in [6.45, 7) is 7.39. The van der Waals surface area contributed by atoms with E-state index >= 15 is 0 Å². The number of rotatable bonds is 7. The lowest BCUT2D eigenvalue weighted by Crippen LogP contribution is -2.31. The Morgan fingerprint density at radius 2 is 2.00 bits per heavy atom. The predicted molar refractivity (Wildman–Crippen MR) is 72.4 cm³/mol. The van der Waals surface area contributed by atoms with Gasteiger partial charge in [-0.15, -0.1) is 0 Å². The van der Waals surface area contributed by atoms with Crippen LogP contribution in [0.3, 0.4) is 0 Å². The highest BCUT2D eigenvalue weighted by atomic mass is 16.3. The topological polar surface area (TPSA) is 57.2 Å². The zero-order chi connectivity index (χ0) is 12.7. The molecule has 1 aromatic rings. The Balaban J connectivity index is 2.64. The van der Waals surface area contributed by atoms with Crippen molar-refractivity contribution in [1.82, 2.24) is 4.98 Å². The third-order valence-electron chi connectivity index (χ3n) is 2.54. The first-order chi connectivity index (χ1) is 8.07. The van der Waals surface area contributed by atoms with Gasteiger partial charge in [-0.1, -0.05) is 6.92 Å². The molecule has 0 amide bonds. The van der Waals surface area contributed by atoms with Crippen LogP contribution in [0.2, 0.25) is 0 Å². The number of nitrogens with zero attached hydrogens (tertiary/aromatic N) is 1. The van der Waals surface area contributed by atoms with Gasteiger partial charge in [-0.25, -0.2) is 0 Å². The Morgan fingerprint density at radius 3 is 2.65 bits per heavy atom. The second kappa shape index (κ2) is 6.45. The third kappa shape index (κ3) is 5.04. The number of aliphatic hydroxyl groups is 1. The van der Waals surface area contributed by atoms with E-state index in [1.54, 1.807) is 6.20 Å². The molecule has 17 heavy (non-hydrogen) atoms. The molecule has 0 fully saturated rings. The van der Waals surface area contributed by atoms with Crippen molar-refractivity contribution < 1.29 is 5.11 Å². The number of aliphatic hydroxyl groups excluding tert-OH is 1. The number of hydrogen-bond donors (Lipinski definition) is 3. The summed E-state index contributed by atoms with van der Waals surface area (Å²) in [7, 11) is 0. The summed E-state index contributed by atoms with van der Waals surface area (Å²) in [4.78, 5) is 4.19. The van der Waals surface area contributed by atoms with Crippen LogP contribution >= 0.6 is 0 Å². The highest BCUT2D eigenvalue weighted by Gasteiger charge is 2.16. The largest absolute Gasteiger partial charge is 0.396 e. The summed E-state index contributed by atoms with van der Waals surface area (Å²) >= 11 is 0. The lowest BCUT2D eigenvalue weighted by Gasteiger charge is -2.26. The van der Waals surface area contributed by atoms with Gasteiger partial charge in [0.15, 0.2) is 0 Å². The van der Waals surface area contributed by atoms with Gasteiger partial charge < -0.3 is 15.7 Å². The van der Waals surface area contributed by atoms with Gasteiger partial charge in [0.1, 0.15) is 0 Å². The van der Waals surface area contributed by atoms with Gasteiger partial charge in [-0.3, -0.25) is 4.98 Å². The third-order valence-corrected chi connectivity index (χ3v) is 2.54. The van der Waals surface area contributed by atoms with E-state index in [2.05, 4.69) is 36.4 Å². The monoisotopic (exact) mass is 237 g/mol. The van der Waals surface area contributed by atoms with Crippen molar-refractivity contribution in [1.29, 1.82) is 0 Å². The summed E-state index contributed by atoms with van der Waals surface area (Å²) in [5.74, 6) is 0. The molecule has 0 aliphatic heterocycles. The molecule has 0 spiro atoms. The Hall–Kier alpha value is -1.29. The summed E-state index contributed by atoms with van der Waals surface area (Å²) in [5.41, 5.74) is 1.88. The Kier molecular flexibility index (Phi) is 5.22. The average Bonchev–Trinajstić information content (AvgIpc) is 2.26. The standard InChI is InChI=1S/C13H23N3O/c1-4-6-15-11-8-12(10-14-9-11)16-13(2,3)5-7-17/h8-10,15-17H,4-7H2,1-3H3. The molecule has 0 aliphatic carbocycles.